The molecule has 0 saturated heterocycles. The van der Waals surface area contributed by atoms with Crippen LogP contribution in [-0.2, 0) is 13.6 Å². The summed E-state index contributed by atoms with van der Waals surface area (Å²) in [7, 11) is 1.82. The van der Waals surface area contributed by atoms with Crippen LogP contribution in [0, 0.1) is 13.8 Å². The molecule has 3 aromatic heterocycles. The third-order valence-corrected chi connectivity index (χ3v) is 4.86. The summed E-state index contributed by atoms with van der Waals surface area (Å²) in [4.78, 5) is 16.4. The number of carboxylic acid groups (broad SMARTS) is 1. The minimum atomic E-state index is -0.979. The van der Waals surface area contributed by atoms with E-state index in [1.807, 2.05) is 57.3 Å². The second-order valence-corrected chi connectivity index (χ2v) is 7.04. The molecule has 0 fully saturated rings. The van der Waals surface area contributed by atoms with Crippen LogP contribution in [0.25, 0.3) is 22.2 Å². The first-order chi connectivity index (χ1) is 13.9. The summed E-state index contributed by atoms with van der Waals surface area (Å²) in [6.45, 7) is 4.64. The standard InChI is InChI=1S/C22H22N4O3/c1-14-5-4-6-16(11-14)21-17-13-19(22(27)28)26(18(17)7-8-23-21)9-10-29-20-12-15(2)24-25(20)3/h4-8,11-13H,9-10H2,1-3H3,(H,27,28). The van der Waals surface area contributed by atoms with Gasteiger partial charge in [0.2, 0.25) is 5.88 Å². The van der Waals surface area contributed by atoms with Gasteiger partial charge >= 0.3 is 5.97 Å². The van der Waals surface area contributed by atoms with E-state index in [-0.39, 0.29) is 5.69 Å². The number of aromatic carboxylic acids is 1. The van der Waals surface area contributed by atoms with Crippen molar-refractivity contribution in [1.82, 2.24) is 19.3 Å². The first kappa shape index (κ1) is 18.7. The molecule has 0 atom stereocenters. The van der Waals surface area contributed by atoms with Crippen LogP contribution in [0.2, 0.25) is 0 Å². The Bertz CT molecular complexity index is 1210. The zero-order valence-corrected chi connectivity index (χ0v) is 16.6. The molecule has 0 unspecified atom stereocenters. The van der Waals surface area contributed by atoms with Crippen LogP contribution in [0.5, 0.6) is 5.88 Å². The number of aryl methyl sites for hydroxylation is 3. The van der Waals surface area contributed by atoms with Crippen molar-refractivity contribution >= 4 is 16.9 Å². The fourth-order valence-electron chi connectivity index (χ4n) is 3.59. The molecular weight excluding hydrogens is 368 g/mol. The van der Waals surface area contributed by atoms with Crippen molar-refractivity contribution in [3.63, 3.8) is 0 Å². The molecule has 4 rings (SSSR count). The molecule has 3 heterocycles. The van der Waals surface area contributed by atoms with Gasteiger partial charge in [0, 0.05) is 30.3 Å². The summed E-state index contributed by atoms with van der Waals surface area (Å²) < 4.78 is 9.25. The number of pyridine rings is 1. The number of carboxylic acids is 1. The first-order valence-electron chi connectivity index (χ1n) is 9.36. The predicted molar refractivity (Wildman–Crippen MR) is 110 cm³/mol. The van der Waals surface area contributed by atoms with Crippen LogP contribution in [0.15, 0.2) is 48.7 Å². The van der Waals surface area contributed by atoms with Crippen molar-refractivity contribution in [2.45, 2.75) is 20.4 Å². The van der Waals surface area contributed by atoms with Gasteiger partial charge in [-0.3, -0.25) is 4.98 Å². The fourth-order valence-corrected chi connectivity index (χ4v) is 3.59. The van der Waals surface area contributed by atoms with Crippen molar-refractivity contribution in [1.29, 1.82) is 0 Å². The lowest BCUT2D eigenvalue weighted by Crippen LogP contribution is -2.14. The molecule has 1 aromatic carbocycles. The van der Waals surface area contributed by atoms with Gasteiger partial charge in [-0.25, -0.2) is 9.48 Å². The predicted octanol–water partition coefficient (Wildman–Crippen LogP) is 3.83. The summed E-state index contributed by atoms with van der Waals surface area (Å²) in [5, 5.41) is 14.8. The third-order valence-electron chi connectivity index (χ3n) is 4.86. The Labute approximate surface area is 168 Å². The van der Waals surface area contributed by atoms with Gasteiger partial charge in [0.25, 0.3) is 0 Å². The highest BCUT2D eigenvalue weighted by molar-refractivity contribution is 6.00. The van der Waals surface area contributed by atoms with E-state index in [9.17, 15) is 9.90 Å². The van der Waals surface area contributed by atoms with Gasteiger partial charge in [0.15, 0.2) is 0 Å². The molecule has 0 spiro atoms. The highest BCUT2D eigenvalue weighted by atomic mass is 16.5. The van der Waals surface area contributed by atoms with E-state index in [0.29, 0.717) is 19.0 Å². The third kappa shape index (κ3) is 3.59. The largest absolute Gasteiger partial charge is 0.477 e. The molecule has 29 heavy (non-hydrogen) atoms. The number of nitrogens with zero attached hydrogens (tertiary/aromatic N) is 4. The number of hydrogen-bond acceptors (Lipinski definition) is 4. The minimum absolute atomic E-state index is 0.215. The normalized spacial score (nSPS) is 11.1. The molecule has 0 aliphatic carbocycles. The Kier molecular flexibility index (Phi) is 4.80. The zero-order valence-electron chi connectivity index (χ0n) is 16.6. The Balaban J connectivity index is 1.71. The Morgan fingerprint density at radius 3 is 2.69 bits per heavy atom. The van der Waals surface area contributed by atoms with E-state index in [1.54, 1.807) is 21.5 Å². The number of aromatic nitrogens is 4. The minimum Gasteiger partial charge on any atom is -0.477 e. The van der Waals surface area contributed by atoms with E-state index >= 15 is 0 Å². The molecule has 0 aliphatic heterocycles. The van der Waals surface area contributed by atoms with Gasteiger partial charge in [-0.05, 0) is 32.0 Å². The van der Waals surface area contributed by atoms with Crippen LogP contribution in [-0.4, -0.2) is 37.0 Å². The van der Waals surface area contributed by atoms with Crippen molar-refractivity contribution in [3.8, 4) is 17.1 Å². The Morgan fingerprint density at radius 1 is 1.17 bits per heavy atom. The van der Waals surface area contributed by atoms with Gasteiger partial charge in [-0.15, -0.1) is 0 Å². The second kappa shape index (κ2) is 7.43. The van der Waals surface area contributed by atoms with Crippen LogP contribution in [0.1, 0.15) is 21.7 Å². The molecular formula is C22H22N4O3. The van der Waals surface area contributed by atoms with Crippen LogP contribution in [0.4, 0.5) is 0 Å². The second-order valence-electron chi connectivity index (χ2n) is 7.04. The van der Waals surface area contributed by atoms with Crippen LogP contribution < -0.4 is 4.74 Å². The number of fused-ring (bicyclic) bond motifs is 1. The van der Waals surface area contributed by atoms with Gasteiger partial charge in [0.1, 0.15) is 12.3 Å². The van der Waals surface area contributed by atoms with Crippen molar-refractivity contribution in [3.05, 3.63) is 65.6 Å². The molecule has 148 valence electrons. The molecule has 7 heteroatoms. The topological polar surface area (TPSA) is 82.2 Å². The Morgan fingerprint density at radius 2 is 2.00 bits per heavy atom. The maximum absolute atomic E-state index is 11.9. The van der Waals surface area contributed by atoms with Crippen LogP contribution in [0.3, 0.4) is 0 Å². The number of hydrogen-bond donors (Lipinski definition) is 1. The molecule has 0 aliphatic rings. The summed E-state index contributed by atoms with van der Waals surface area (Å²) in [5.41, 5.74) is 4.76. The summed E-state index contributed by atoms with van der Waals surface area (Å²) in [5.74, 6) is -0.328. The number of rotatable bonds is 6. The number of ether oxygens (including phenoxy) is 1. The zero-order chi connectivity index (χ0) is 20.5. The summed E-state index contributed by atoms with van der Waals surface area (Å²) >= 11 is 0. The highest BCUT2D eigenvalue weighted by Crippen LogP contribution is 2.30. The quantitative estimate of drug-likeness (QED) is 0.541. The fraction of sp³-hybridized carbons (Fsp3) is 0.227. The summed E-state index contributed by atoms with van der Waals surface area (Å²) in [6, 6.07) is 13.4. The monoisotopic (exact) mass is 390 g/mol. The number of carbonyl (C=O) groups is 1. The smallest absolute Gasteiger partial charge is 0.352 e. The lowest BCUT2D eigenvalue weighted by molar-refractivity contribution is 0.0684. The van der Waals surface area contributed by atoms with Crippen molar-refractivity contribution < 1.29 is 14.6 Å². The highest BCUT2D eigenvalue weighted by Gasteiger charge is 2.18. The first-order valence-corrected chi connectivity index (χ1v) is 9.36. The lowest BCUT2D eigenvalue weighted by Gasteiger charge is -2.10. The molecule has 1 N–H and O–H groups in total. The van der Waals surface area contributed by atoms with Gasteiger partial charge in [0.05, 0.1) is 23.4 Å². The Hall–Kier alpha value is -3.61. The maximum Gasteiger partial charge on any atom is 0.352 e. The van der Waals surface area contributed by atoms with Gasteiger partial charge in [-0.1, -0.05) is 23.8 Å². The van der Waals surface area contributed by atoms with Crippen molar-refractivity contribution in [2.24, 2.45) is 7.05 Å². The van der Waals surface area contributed by atoms with E-state index in [1.165, 1.54) is 0 Å². The summed E-state index contributed by atoms with van der Waals surface area (Å²) in [6.07, 6.45) is 1.72. The van der Waals surface area contributed by atoms with E-state index in [2.05, 4.69) is 10.1 Å². The average Bonchev–Trinajstić information content (AvgIpc) is 3.21. The average molecular weight is 390 g/mol. The van der Waals surface area contributed by atoms with Gasteiger partial charge in [-0.2, -0.15) is 5.10 Å². The van der Waals surface area contributed by atoms with E-state index in [4.69, 9.17) is 4.74 Å². The molecule has 7 nitrogen and oxygen atoms in total. The molecule has 4 aromatic rings. The molecule has 0 radical (unpaired) electrons. The molecule has 0 bridgehead atoms. The molecule has 0 saturated carbocycles. The molecule has 0 amide bonds. The number of benzene rings is 1. The van der Waals surface area contributed by atoms with Crippen LogP contribution >= 0.6 is 0 Å². The van der Waals surface area contributed by atoms with Gasteiger partial charge < -0.3 is 14.4 Å². The maximum atomic E-state index is 11.9. The van der Waals surface area contributed by atoms with E-state index in [0.717, 1.165) is 33.4 Å². The SMILES string of the molecule is Cc1cccc(-c2nccc3c2cc(C(=O)O)n3CCOc2cc(C)nn2C)c1. The van der Waals surface area contributed by atoms with E-state index < -0.39 is 5.97 Å². The lowest BCUT2D eigenvalue weighted by atomic mass is 10.1. The van der Waals surface area contributed by atoms with Crippen molar-refractivity contribution in [2.75, 3.05) is 6.61 Å².